The lowest BCUT2D eigenvalue weighted by Gasteiger charge is -2.35. The summed E-state index contributed by atoms with van der Waals surface area (Å²) in [5.41, 5.74) is -2.95. The Labute approximate surface area is 129 Å². The Hall–Kier alpha value is -1.07. The molecule has 0 saturated heterocycles. The zero-order chi connectivity index (χ0) is 16.2. The molecule has 2 nitrogen and oxygen atoms in total. The molecular formula is C17H24F3NO. The Morgan fingerprint density at radius 1 is 1.09 bits per heavy atom. The van der Waals surface area contributed by atoms with E-state index in [0.717, 1.165) is 32.1 Å². The zero-order valence-corrected chi connectivity index (χ0v) is 12.9. The van der Waals surface area contributed by atoms with Crippen LogP contribution in [-0.4, -0.2) is 23.9 Å². The molecule has 1 atom stereocenters. The second kappa shape index (κ2) is 7.01. The molecule has 0 aliphatic heterocycles. The van der Waals surface area contributed by atoms with Gasteiger partial charge in [0, 0.05) is 12.6 Å². The van der Waals surface area contributed by atoms with Crippen molar-refractivity contribution in [3.8, 4) is 0 Å². The van der Waals surface area contributed by atoms with Gasteiger partial charge in [-0.3, -0.25) is 0 Å². The van der Waals surface area contributed by atoms with Crippen LogP contribution < -0.4 is 5.32 Å². The van der Waals surface area contributed by atoms with Crippen molar-refractivity contribution >= 4 is 0 Å². The molecule has 1 aliphatic carbocycles. The fourth-order valence-electron chi connectivity index (χ4n) is 3.15. The fourth-order valence-corrected chi connectivity index (χ4v) is 3.15. The smallest absolute Gasteiger partial charge is 0.375 e. The van der Waals surface area contributed by atoms with Crippen molar-refractivity contribution in [3.05, 3.63) is 35.9 Å². The molecule has 1 saturated carbocycles. The first-order valence-electron chi connectivity index (χ1n) is 7.95. The number of halogens is 3. The minimum atomic E-state index is -4.71. The average molecular weight is 315 g/mol. The van der Waals surface area contributed by atoms with Gasteiger partial charge in [-0.25, -0.2) is 0 Å². The third-order valence-corrected chi connectivity index (χ3v) is 4.79. The molecule has 1 unspecified atom stereocenters. The van der Waals surface area contributed by atoms with Gasteiger partial charge < -0.3 is 10.4 Å². The van der Waals surface area contributed by atoms with Crippen molar-refractivity contribution in [1.29, 1.82) is 0 Å². The van der Waals surface area contributed by atoms with Crippen LogP contribution in [0.5, 0.6) is 0 Å². The number of alkyl halides is 3. The van der Waals surface area contributed by atoms with Crippen LogP contribution in [0.4, 0.5) is 13.2 Å². The molecule has 0 bridgehead atoms. The van der Waals surface area contributed by atoms with E-state index >= 15 is 0 Å². The topological polar surface area (TPSA) is 32.3 Å². The molecule has 5 heteroatoms. The van der Waals surface area contributed by atoms with Gasteiger partial charge >= 0.3 is 6.18 Å². The minimum absolute atomic E-state index is 0.0559. The van der Waals surface area contributed by atoms with E-state index in [1.807, 2.05) is 0 Å². The predicted octanol–water partition coefficient (Wildman–Crippen LogP) is 3.99. The molecule has 22 heavy (non-hydrogen) atoms. The summed E-state index contributed by atoms with van der Waals surface area (Å²) in [4.78, 5) is 0. The summed E-state index contributed by atoms with van der Waals surface area (Å²) in [5, 5.41) is 13.2. The van der Waals surface area contributed by atoms with Crippen LogP contribution in [0.3, 0.4) is 0 Å². The average Bonchev–Trinajstić information content (AvgIpc) is 2.53. The van der Waals surface area contributed by atoms with Crippen LogP contribution in [0, 0.1) is 5.92 Å². The van der Waals surface area contributed by atoms with Crippen molar-refractivity contribution in [2.24, 2.45) is 5.92 Å². The maximum absolute atomic E-state index is 13.4. The molecule has 0 aromatic heterocycles. The van der Waals surface area contributed by atoms with Crippen LogP contribution in [0.25, 0.3) is 0 Å². The van der Waals surface area contributed by atoms with Gasteiger partial charge in [0.05, 0.1) is 0 Å². The summed E-state index contributed by atoms with van der Waals surface area (Å²) in [6.45, 7) is 1.65. The third-order valence-electron chi connectivity index (χ3n) is 4.79. The summed E-state index contributed by atoms with van der Waals surface area (Å²) < 4.78 is 40.1. The Bertz CT molecular complexity index is 455. The van der Waals surface area contributed by atoms with Crippen LogP contribution in [0.1, 0.15) is 44.6 Å². The SMILES string of the molecule is CCC1CCC(NCC(O)(c2ccccc2)C(F)(F)F)CC1. The lowest BCUT2D eigenvalue weighted by molar-refractivity contribution is -0.264. The normalized spacial score (nSPS) is 25.7. The number of aliphatic hydroxyl groups is 1. The number of nitrogens with one attached hydrogen (secondary N) is 1. The van der Waals surface area contributed by atoms with Crippen molar-refractivity contribution in [3.63, 3.8) is 0 Å². The summed E-state index contributed by atoms with van der Waals surface area (Å²) in [6.07, 6.45) is 0.265. The van der Waals surface area contributed by atoms with E-state index in [4.69, 9.17) is 0 Å². The standard InChI is InChI=1S/C17H24F3NO/c1-2-13-8-10-15(11-9-13)21-12-16(22,17(18,19)20)14-6-4-3-5-7-14/h3-7,13,15,21-22H,2,8-12H2,1H3. The molecule has 0 amide bonds. The molecule has 1 aromatic carbocycles. The van der Waals surface area contributed by atoms with Gasteiger partial charge in [0.2, 0.25) is 0 Å². The van der Waals surface area contributed by atoms with Crippen LogP contribution in [-0.2, 0) is 5.60 Å². The lowest BCUT2D eigenvalue weighted by atomic mass is 9.84. The molecule has 0 radical (unpaired) electrons. The van der Waals surface area contributed by atoms with Gasteiger partial charge in [-0.1, -0.05) is 43.7 Å². The quantitative estimate of drug-likeness (QED) is 0.861. The summed E-state index contributed by atoms with van der Waals surface area (Å²) >= 11 is 0. The van der Waals surface area contributed by atoms with Crippen LogP contribution >= 0.6 is 0 Å². The van der Waals surface area contributed by atoms with Gasteiger partial charge in [-0.2, -0.15) is 13.2 Å². The van der Waals surface area contributed by atoms with Crippen molar-refractivity contribution in [2.45, 2.75) is 56.8 Å². The van der Waals surface area contributed by atoms with Gasteiger partial charge in [-0.05, 0) is 37.2 Å². The van der Waals surface area contributed by atoms with E-state index < -0.39 is 18.3 Å². The molecule has 124 valence electrons. The van der Waals surface area contributed by atoms with Gasteiger partial charge in [-0.15, -0.1) is 0 Å². The third kappa shape index (κ3) is 3.82. The fraction of sp³-hybridized carbons (Fsp3) is 0.647. The van der Waals surface area contributed by atoms with E-state index in [-0.39, 0.29) is 11.6 Å². The molecule has 1 aromatic rings. The van der Waals surface area contributed by atoms with Gasteiger partial charge in [0.15, 0.2) is 5.60 Å². The van der Waals surface area contributed by atoms with E-state index in [1.54, 1.807) is 6.07 Å². The highest BCUT2D eigenvalue weighted by atomic mass is 19.4. The highest BCUT2D eigenvalue weighted by Crippen LogP contribution is 2.39. The monoisotopic (exact) mass is 315 g/mol. The first-order chi connectivity index (χ1) is 10.4. The second-order valence-electron chi connectivity index (χ2n) is 6.23. The van der Waals surface area contributed by atoms with E-state index in [2.05, 4.69) is 12.2 Å². The first kappa shape index (κ1) is 17.3. The Balaban J connectivity index is 2.03. The molecule has 0 heterocycles. The van der Waals surface area contributed by atoms with E-state index in [0.29, 0.717) is 5.92 Å². The van der Waals surface area contributed by atoms with E-state index in [1.165, 1.54) is 24.3 Å². The predicted molar refractivity (Wildman–Crippen MR) is 80.4 cm³/mol. The van der Waals surface area contributed by atoms with Crippen molar-refractivity contribution in [1.82, 2.24) is 5.32 Å². The molecule has 2 rings (SSSR count). The maximum atomic E-state index is 13.4. The number of rotatable bonds is 5. The molecular weight excluding hydrogens is 291 g/mol. The molecule has 0 spiro atoms. The minimum Gasteiger partial charge on any atom is -0.375 e. The molecule has 1 aliphatic rings. The van der Waals surface area contributed by atoms with E-state index in [9.17, 15) is 18.3 Å². The largest absolute Gasteiger partial charge is 0.422 e. The number of hydrogen-bond acceptors (Lipinski definition) is 2. The molecule has 1 fully saturated rings. The Morgan fingerprint density at radius 2 is 1.68 bits per heavy atom. The first-order valence-corrected chi connectivity index (χ1v) is 7.95. The van der Waals surface area contributed by atoms with Crippen molar-refractivity contribution < 1.29 is 18.3 Å². The van der Waals surface area contributed by atoms with Gasteiger partial charge in [0.25, 0.3) is 0 Å². The second-order valence-corrected chi connectivity index (χ2v) is 6.23. The summed E-state index contributed by atoms with van der Waals surface area (Å²) in [5.74, 6) is 0.689. The van der Waals surface area contributed by atoms with Crippen molar-refractivity contribution in [2.75, 3.05) is 6.54 Å². The Kier molecular flexibility index (Phi) is 5.50. The highest BCUT2D eigenvalue weighted by Gasteiger charge is 2.54. The summed E-state index contributed by atoms with van der Waals surface area (Å²) in [7, 11) is 0. The Morgan fingerprint density at radius 3 is 2.18 bits per heavy atom. The highest BCUT2D eigenvalue weighted by molar-refractivity contribution is 5.24. The van der Waals surface area contributed by atoms with Gasteiger partial charge in [0.1, 0.15) is 0 Å². The molecule has 2 N–H and O–H groups in total. The lowest BCUT2D eigenvalue weighted by Crippen LogP contribution is -2.52. The number of hydrogen-bond donors (Lipinski definition) is 2. The summed E-state index contributed by atoms with van der Waals surface area (Å²) in [6, 6.07) is 7.36. The zero-order valence-electron chi connectivity index (χ0n) is 12.9. The number of benzene rings is 1. The maximum Gasteiger partial charge on any atom is 0.422 e. The van der Waals surface area contributed by atoms with Crippen LogP contribution in [0.2, 0.25) is 0 Å². The van der Waals surface area contributed by atoms with Crippen LogP contribution in [0.15, 0.2) is 30.3 Å².